The van der Waals surface area contributed by atoms with Crippen LogP contribution < -0.4 is 10.6 Å². The molecule has 142 valence electrons. The second-order valence-electron chi connectivity index (χ2n) is 8.26. The SMILES string of the molecule is CC(C)CC(=O)NC(C(=O)N1CCC2(CCNC2)CC1)c1ccccc1. The van der Waals surface area contributed by atoms with Gasteiger partial charge in [-0.3, -0.25) is 9.59 Å². The Kier molecular flexibility index (Phi) is 5.97. The number of nitrogens with zero attached hydrogens (tertiary/aromatic N) is 1. The van der Waals surface area contributed by atoms with Gasteiger partial charge in [0.25, 0.3) is 0 Å². The minimum Gasteiger partial charge on any atom is -0.341 e. The molecule has 2 heterocycles. The van der Waals surface area contributed by atoms with Crippen LogP contribution >= 0.6 is 0 Å². The lowest BCUT2D eigenvalue weighted by molar-refractivity contribution is -0.138. The number of nitrogens with one attached hydrogen (secondary N) is 2. The fourth-order valence-corrected chi connectivity index (χ4v) is 4.13. The standard InChI is InChI=1S/C21H31N3O2/c1-16(2)14-18(25)23-19(17-6-4-3-5-7-17)20(26)24-12-9-21(10-13-24)8-11-22-15-21/h3-7,16,19,22H,8-15H2,1-2H3,(H,23,25). The smallest absolute Gasteiger partial charge is 0.249 e. The van der Waals surface area contributed by atoms with E-state index in [4.69, 9.17) is 0 Å². The van der Waals surface area contributed by atoms with Gasteiger partial charge in [-0.05, 0) is 42.7 Å². The lowest BCUT2D eigenvalue weighted by Crippen LogP contribution is -2.48. The summed E-state index contributed by atoms with van der Waals surface area (Å²) in [6, 6.07) is 9.02. The topological polar surface area (TPSA) is 61.4 Å². The highest BCUT2D eigenvalue weighted by Gasteiger charge is 2.39. The van der Waals surface area contributed by atoms with Crippen LogP contribution in [-0.2, 0) is 9.59 Å². The van der Waals surface area contributed by atoms with E-state index in [1.165, 1.54) is 6.42 Å². The Morgan fingerprint density at radius 2 is 1.85 bits per heavy atom. The van der Waals surface area contributed by atoms with Gasteiger partial charge in [0, 0.05) is 26.1 Å². The van der Waals surface area contributed by atoms with Crippen LogP contribution in [0, 0.1) is 11.3 Å². The molecule has 0 radical (unpaired) electrons. The zero-order chi connectivity index (χ0) is 18.6. The van der Waals surface area contributed by atoms with Crippen LogP contribution in [0.15, 0.2) is 30.3 Å². The molecule has 2 saturated heterocycles. The lowest BCUT2D eigenvalue weighted by Gasteiger charge is -2.40. The van der Waals surface area contributed by atoms with Gasteiger partial charge in [-0.2, -0.15) is 0 Å². The molecule has 0 bridgehead atoms. The normalized spacial score (nSPS) is 20.3. The summed E-state index contributed by atoms with van der Waals surface area (Å²) in [5.41, 5.74) is 1.23. The molecular weight excluding hydrogens is 326 g/mol. The van der Waals surface area contributed by atoms with E-state index in [2.05, 4.69) is 10.6 Å². The van der Waals surface area contributed by atoms with Gasteiger partial charge < -0.3 is 15.5 Å². The van der Waals surface area contributed by atoms with Crippen LogP contribution in [-0.4, -0.2) is 42.9 Å². The number of hydrogen-bond donors (Lipinski definition) is 2. The van der Waals surface area contributed by atoms with Crippen molar-refractivity contribution in [1.29, 1.82) is 0 Å². The van der Waals surface area contributed by atoms with Gasteiger partial charge in [-0.25, -0.2) is 0 Å². The van der Waals surface area contributed by atoms with Crippen LogP contribution in [0.25, 0.3) is 0 Å². The van der Waals surface area contributed by atoms with Gasteiger partial charge in [0.05, 0.1) is 0 Å². The highest BCUT2D eigenvalue weighted by molar-refractivity contribution is 5.88. The molecule has 1 unspecified atom stereocenters. The van der Waals surface area contributed by atoms with Crippen molar-refractivity contribution in [3.05, 3.63) is 35.9 Å². The molecule has 2 N–H and O–H groups in total. The molecule has 0 aromatic heterocycles. The molecule has 1 spiro atoms. The molecule has 1 atom stereocenters. The van der Waals surface area contributed by atoms with Crippen LogP contribution in [0.3, 0.4) is 0 Å². The molecule has 1 aromatic carbocycles. The van der Waals surface area contributed by atoms with Gasteiger partial charge >= 0.3 is 0 Å². The zero-order valence-corrected chi connectivity index (χ0v) is 16.0. The van der Waals surface area contributed by atoms with E-state index in [0.29, 0.717) is 11.8 Å². The summed E-state index contributed by atoms with van der Waals surface area (Å²) in [7, 11) is 0. The molecule has 2 amide bonds. The Balaban J connectivity index is 1.69. The lowest BCUT2D eigenvalue weighted by atomic mass is 9.77. The molecular formula is C21H31N3O2. The quantitative estimate of drug-likeness (QED) is 0.851. The highest BCUT2D eigenvalue weighted by atomic mass is 16.2. The summed E-state index contributed by atoms with van der Waals surface area (Å²) in [4.78, 5) is 27.5. The van der Waals surface area contributed by atoms with Gasteiger partial charge in [-0.15, -0.1) is 0 Å². The molecule has 0 aliphatic carbocycles. The number of rotatable bonds is 5. The Bertz CT molecular complexity index is 613. The van der Waals surface area contributed by atoms with Crippen LogP contribution in [0.5, 0.6) is 0 Å². The van der Waals surface area contributed by atoms with Crippen molar-refractivity contribution in [3.8, 4) is 0 Å². The van der Waals surface area contributed by atoms with Crippen LogP contribution in [0.4, 0.5) is 0 Å². The second kappa shape index (κ2) is 8.21. The predicted molar refractivity (Wildman–Crippen MR) is 103 cm³/mol. The number of carbonyl (C=O) groups is 2. The number of carbonyl (C=O) groups excluding carboxylic acids is 2. The number of hydrogen-bond acceptors (Lipinski definition) is 3. The van der Waals surface area contributed by atoms with Crippen molar-refractivity contribution in [3.63, 3.8) is 0 Å². The third-order valence-corrected chi connectivity index (χ3v) is 5.75. The molecule has 2 aliphatic rings. The number of amides is 2. The minimum atomic E-state index is -0.585. The number of likely N-dealkylation sites (tertiary alicyclic amines) is 1. The van der Waals surface area contributed by atoms with E-state index in [-0.39, 0.29) is 17.7 Å². The average Bonchev–Trinajstić information content (AvgIpc) is 3.08. The Morgan fingerprint density at radius 3 is 2.42 bits per heavy atom. The number of benzene rings is 1. The molecule has 2 aliphatic heterocycles. The Hall–Kier alpha value is -1.88. The summed E-state index contributed by atoms with van der Waals surface area (Å²) in [5.74, 6) is 0.232. The minimum absolute atomic E-state index is 0.0223. The van der Waals surface area contributed by atoms with E-state index in [1.807, 2.05) is 49.1 Å². The molecule has 0 saturated carbocycles. The molecule has 5 nitrogen and oxygen atoms in total. The Morgan fingerprint density at radius 1 is 1.15 bits per heavy atom. The molecule has 2 fully saturated rings. The van der Waals surface area contributed by atoms with Gasteiger partial charge in [-0.1, -0.05) is 44.2 Å². The van der Waals surface area contributed by atoms with E-state index in [9.17, 15) is 9.59 Å². The van der Waals surface area contributed by atoms with Crippen molar-refractivity contribution in [2.75, 3.05) is 26.2 Å². The summed E-state index contributed by atoms with van der Waals surface area (Å²) in [5, 5.41) is 6.44. The van der Waals surface area contributed by atoms with E-state index in [0.717, 1.165) is 44.6 Å². The third kappa shape index (κ3) is 4.44. The maximum Gasteiger partial charge on any atom is 0.249 e. The first-order chi connectivity index (χ1) is 12.5. The summed E-state index contributed by atoms with van der Waals surface area (Å²) >= 11 is 0. The highest BCUT2D eigenvalue weighted by Crippen LogP contribution is 2.37. The summed E-state index contributed by atoms with van der Waals surface area (Å²) in [6.07, 6.45) is 3.74. The maximum atomic E-state index is 13.2. The van der Waals surface area contributed by atoms with E-state index < -0.39 is 6.04 Å². The van der Waals surface area contributed by atoms with Crippen molar-refractivity contribution < 1.29 is 9.59 Å². The second-order valence-corrected chi connectivity index (χ2v) is 8.26. The zero-order valence-electron chi connectivity index (χ0n) is 16.0. The molecule has 3 rings (SSSR count). The monoisotopic (exact) mass is 357 g/mol. The largest absolute Gasteiger partial charge is 0.341 e. The number of piperidine rings is 1. The van der Waals surface area contributed by atoms with Crippen LogP contribution in [0.1, 0.15) is 51.1 Å². The van der Waals surface area contributed by atoms with Gasteiger partial charge in [0.2, 0.25) is 11.8 Å². The van der Waals surface area contributed by atoms with E-state index in [1.54, 1.807) is 0 Å². The summed E-state index contributed by atoms with van der Waals surface area (Å²) in [6.45, 7) is 7.75. The predicted octanol–water partition coefficient (Wildman–Crippen LogP) is 2.49. The van der Waals surface area contributed by atoms with E-state index >= 15 is 0 Å². The fraction of sp³-hybridized carbons (Fsp3) is 0.619. The van der Waals surface area contributed by atoms with Gasteiger partial charge in [0.1, 0.15) is 6.04 Å². The maximum absolute atomic E-state index is 13.2. The average molecular weight is 357 g/mol. The van der Waals surface area contributed by atoms with Crippen molar-refractivity contribution in [2.24, 2.45) is 11.3 Å². The van der Waals surface area contributed by atoms with Gasteiger partial charge in [0.15, 0.2) is 0 Å². The molecule has 26 heavy (non-hydrogen) atoms. The van der Waals surface area contributed by atoms with Crippen molar-refractivity contribution in [2.45, 2.75) is 45.6 Å². The van der Waals surface area contributed by atoms with Crippen molar-refractivity contribution >= 4 is 11.8 Å². The van der Waals surface area contributed by atoms with Crippen molar-refractivity contribution in [1.82, 2.24) is 15.5 Å². The Labute approximate surface area is 156 Å². The first kappa shape index (κ1) is 18.9. The third-order valence-electron chi connectivity index (χ3n) is 5.75. The first-order valence-corrected chi connectivity index (χ1v) is 9.83. The molecule has 5 heteroatoms. The molecule has 1 aromatic rings. The summed E-state index contributed by atoms with van der Waals surface area (Å²) < 4.78 is 0. The van der Waals surface area contributed by atoms with Crippen LogP contribution in [0.2, 0.25) is 0 Å². The fourth-order valence-electron chi connectivity index (χ4n) is 4.13. The first-order valence-electron chi connectivity index (χ1n) is 9.83.